The number of benzene rings is 1. The van der Waals surface area contributed by atoms with Crippen molar-refractivity contribution >= 4 is 40.4 Å². The SMILES string of the molecule is CCCCCCCCCCCCC/C=C/[C@@H](O)[C@H](CO[C@@H]1O[C@H](CO)[C@@H](O[C@@H]2O[C@H](CO)[C@H](O)[C@H](O[C@]3(C(=O)O)C[C@H](O)[C@@H](NC(=O)c4cccc(I)c4)[C@H]([C@@H](O)[C@H](O)CO)O3)[C@H]2O)[C@H](O)[C@H]1O)NC(=O)CCCCCCCCCCCCCCCCC. The molecular formula is C64H109IN2O21. The summed E-state index contributed by atoms with van der Waals surface area (Å²) in [6.07, 6.45) is 5.09. The number of carboxylic acids is 1. The second-order valence-electron chi connectivity index (χ2n) is 24.2. The van der Waals surface area contributed by atoms with Crippen LogP contribution in [0.3, 0.4) is 0 Å². The Hall–Kier alpha value is -2.58. The van der Waals surface area contributed by atoms with Gasteiger partial charge in [-0.05, 0) is 60.1 Å². The van der Waals surface area contributed by atoms with Gasteiger partial charge in [-0.1, -0.05) is 186 Å². The molecule has 14 N–H and O–H groups in total. The lowest BCUT2D eigenvalue weighted by atomic mass is 9.88. The van der Waals surface area contributed by atoms with Gasteiger partial charge in [-0.3, -0.25) is 9.59 Å². The molecule has 18 atom stereocenters. The van der Waals surface area contributed by atoms with Gasteiger partial charge in [0.2, 0.25) is 5.91 Å². The highest BCUT2D eigenvalue weighted by molar-refractivity contribution is 14.1. The minimum atomic E-state index is -3.13. The molecule has 508 valence electrons. The summed E-state index contributed by atoms with van der Waals surface area (Å²) in [5, 5.41) is 138. The number of hydrogen-bond acceptors (Lipinski definition) is 20. The van der Waals surface area contributed by atoms with Crippen molar-refractivity contribution in [3.63, 3.8) is 0 Å². The molecule has 2 amide bonds. The van der Waals surface area contributed by atoms with Crippen molar-refractivity contribution in [2.75, 3.05) is 26.4 Å². The maximum Gasteiger partial charge on any atom is 0.364 e. The van der Waals surface area contributed by atoms with Crippen LogP contribution in [0, 0.1) is 3.57 Å². The highest BCUT2D eigenvalue weighted by atomic mass is 127. The van der Waals surface area contributed by atoms with E-state index in [1.54, 1.807) is 18.2 Å². The molecule has 0 aromatic heterocycles. The van der Waals surface area contributed by atoms with E-state index in [2.05, 4.69) is 24.5 Å². The molecule has 23 nitrogen and oxygen atoms in total. The van der Waals surface area contributed by atoms with Gasteiger partial charge in [0, 0.05) is 22.0 Å². The number of hydrogen-bond donors (Lipinski definition) is 14. The molecule has 0 aliphatic carbocycles. The fraction of sp³-hybridized carbons (Fsp3) is 0.828. The second kappa shape index (κ2) is 43.3. The van der Waals surface area contributed by atoms with Crippen molar-refractivity contribution in [3.8, 4) is 0 Å². The topological polar surface area (TPSA) is 373 Å². The number of aliphatic hydroxyl groups is 11. The van der Waals surface area contributed by atoms with Gasteiger partial charge in [0.15, 0.2) is 12.6 Å². The number of carbonyl (C=O) groups is 3. The number of halogens is 1. The molecule has 3 fully saturated rings. The smallest absolute Gasteiger partial charge is 0.364 e. The van der Waals surface area contributed by atoms with E-state index in [1.165, 1.54) is 128 Å². The van der Waals surface area contributed by atoms with E-state index in [-0.39, 0.29) is 17.9 Å². The van der Waals surface area contributed by atoms with Gasteiger partial charge in [0.05, 0.1) is 50.7 Å². The third kappa shape index (κ3) is 26.1. The van der Waals surface area contributed by atoms with Crippen LogP contribution in [-0.4, -0.2) is 215 Å². The van der Waals surface area contributed by atoms with Crippen LogP contribution in [0.4, 0.5) is 0 Å². The molecule has 3 heterocycles. The van der Waals surface area contributed by atoms with E-state index >= 15 is 0 Å². The summed E-state index contributed by atoms with van der Waals surface area (Å²) in [4.78, 5) is 40.0. The fourth-order valence-corrected chi connectivity index (χ4v) is 12.1. The van der Waals surface area contributed by atoms with Crippen LogP contribution < -0.4 is 10.6 Å². The maximum atomic E-state index is 13.4. The summed E-state index contributed by atoms with van der Waals surface area (Å²) in [5.41, 5.74) is 0.0983. The van der Waals surface area contributed by atoms with Gasteiger partial charge < -0.3 is 100 Å². The molecule has 0 spiro atoms. The van der Waals surface area contributed by atoms with Crippen molar-refractivity contribution in [2.45, 2.75) is 310 Å². The Balaban J connectivity index is 1.40. The van der Waals surface area contributed by atoms with Crippen molar-refractivity contribution < 1.29 is 104 Å². The molecule has 0 radical (unpaired) electrons. The van der Waals surface area contributed by atoms with E-state index in [0.717, 1.165) is 44.9 Å². The zero-order valence-electron chi connectivity index (χ0n) is 52.0. The number of carbonyl (C=O) groups excluding carboxylic acids is 2. The predicted octanol–water partition coefficient (Wildman–Crippen LogP) is 5.06. The Bertz CT molecular complexity index is 2100. The molecule has 24 heteroatoms. The normalized spacial score (nSPS) is 29.0. The van der Waals surface area contributed by atoms with Gasteiger partial charge in [0.25, 0.3) is 11.7 Å². The van der Waals surface area contributed by atoms with E-state index in [1.807, 2.05) is 28.7 Å². The molecule has 88 heavy (non-hydrogen) atoms. The van der Waals surface area contributed by atoms with Crippen molar-refractivity contribution in [3.05, 3.63) is 45.6 Å². The summed E-state index contributed by atoms with van der Waals surface area (Å²) in [6, 6.07) is 3.50. The van der Waals surface area contributed by atoms with Gasteiger partial charge >= 0.3 is 5.97 Å². The molecule has 1 aromatic rings. The van der Waals surface area contributed by atoms with Crippen molar-refractivity contribution in [1.82, 2.24) is 10.6 Å². The summed E-state index contributed by atoms with van der Waals surface area (Å²) >= 11 is 1.96. The molecule has 3 saturated heterocycles. The highest BCUT2D eigenvalue weighted by Crippen LogP contribution is 2.39. The first kappa shape index (κ1) is 77.9. The number of rotatable bonds is 46. The van der Waals surface area contributed by atoms with Crippen LogP contribution in [0.5, 0.6) is 0 Å². The molecular weight excluding hydrogens is 1260 g/mol. The second-order valence-corrected chi connectivity index (χ2v) is 25.5. The van der Waals surface area contributed by atoms with Crippen molar-refractivity contribution in [1.29, 1.82) is 0 Å². The first-order valence-electron chi connectivity index (χ1n) is 32.8. The monoisotopic (exact) mass is 1370 g/mol. The Morgan fingerprint density at radius 3 is 1.74 bits per heavy atom. The number of aliphatic carboxylic acids is 1. The average molecular weight is 1370 g/mol. The minimum absolute atomic E-state index is 0.0983. The Morgan fingerprint density at radius 1 is 0.682 bits per heavy atom. The Morgan fingerprint density at radius 2 is 1.22 bits per heavy atom. The molecule has 0 saturated carbocycles. The summed E-state index contributed by atoms with van der Waals surface area (Å²) in [7, 11) is 0. The van der Waals surface area contributed by atoms with E-state index in [9.17, 15) is 75.7 Å². The number of aliphatic hydroxyl groups excluding tert-OH is 11. The molecule has 1 aromatic carbocycles. The largest absolute Gasteiger partial charge is 0.477 e. The number of carboxylic acid groups (broad SMARTS) is 1. The van der Waals surface area contributed by atoms with Crippen LogP contribution in [0.1, 0.15) is 210 Å². The average Bonchev–Trinajstić information content (AvgIpc) is 1.26. The molecule has 0 unspecified atom stereocenters. The zero-order chi connectivity index (χ0) is 64.4. The number of nitrogens with one attached hydrogen (secondary N) is 2. The Labute approximate surface area is 534 Å². The predicted molar refractivity (Wildman–Crippen MR) is 334 cm³/mol. The Kier molecular flexibility index (Phi) is 38.4. The van der Waals surface area contributed by atoms with Crippen LogP contribution in [0.25, 0.3) is 0 Å². The number of ether oxygens (including phenoxy) is 6. The maximum absolute atomic E-state index is 13.4. The first-order chi connectivity index (χ1) is 42.4. The molecule has 4 rings (SSSR count). The van der Waals surface area contributed by atoms with Crippen LogP contribution >= 0.6 is 22.6 Å². The summed E-state index contributed by atoms with van der Waals surface area (Å²) < 4.78 is 35.7. The molecule has 3 aliphatic heterocycles. The number of unbranched alkanes of at least 4 members (excludes halogenated alkanes) is 25. The third-order valence-electron chi connectivity index (χ3n) is 17.0. The fourth-order valence-electron chi connectivity index (χ4n) is 11.6. The number of amides is 2. The van der Waals surface area contributed by atoms with Gasteiger partial charge in [-0.25, -0.2) is 4.79 Å². The number of allylic oxidation sites excluding steroid dienone is 1. The van der Waals surface area contributed by atoms with Crippen LogP contribution in [-0.2, 0) is 38.0 Å². The summed E-state index contributed by atoms with van der Waals surface area (Å²) in [5.74, 6) is -6.25. The quantitative estimate of drug-likeness (QED) is 0.0230. The van der Waals surface area contributed by atoms with Crippen LogP contribution in [0.15, 0.2) is 36.4 Å². The summed E-state index contributed by atoms with van der Waals surface area (Å²) in [6.45, 7) is 1.01. The van der Waals surface area contributed by atoms with Gasteiger partial charge in [-0.2, -0.15) is 0 Å². The first-order valence-corrected chi connectivity index (χ1v) is 33.9. The van der Waals surface area contributed by atoms with E-state index in [4.69, 9.17) is 28.4 Å². The van der Waals surface area contributed by atoms with E-state index < -0.39 is 155 Å². The highest BCUT2D eigenvalue weighted by Gasteiger charge is 2.60. The molecule has 3 aliphatic rings. The van der Waals surface area contributed by atoms with Gasteiger partial charge in [-0.15, -0.1) is 0 Å². The third-order valence-corrected chi connectivity index (χ3v) is 17.6. The lowest BCUT2D eigenvalue weighted by molar-refractivity contribution is -0.386. The van der Waals surface area contributed by atoms with Crippen molar-refractivity contribution in [2.24, 2.45) is 0 Å². The standard InChI is InChI=1S/C64H109IN2O21/c1-3-5-7-9-11-13-15-17-18-20-22-24-26-28-30-35-50(74)66-44(45(71)34-29-27-25-23-21-19-16-14-12-10-8-6-4-2)41-83-61-55(78)54(77)57(49(40-70)85-61)86-62-56(79)59(53(76)48(39-69)84-62)88-64(63(81)82)37-46(72)51(58(87-64)52(75)47(73)38-68)67-60(80)42-32-31-33-43(65)36-42/h29,31-34,36,44-49,51-59,61-62,68-73,75-79H,3-28,30,35,37-41H2,1-2H3,(H,66,74)(H,67,80)(H,81,82)/b34-29+/t44-,45+,46-,47+,48+,49+,51+,52-,53-,54+,55+,56+,57+,58+,59-,61+,62-,64-/m0/s1. The molecule has 0 bridgehead atoms. The zero-order valence-corrected chi connectivity index (χ0v) is 54.2. The lowest BCUT2D eigenvalue weighted by Gasteiger charge is -2.50. The van der Waals surface area contributed by atoms with Crippen LogP contribution in [0.2, 0.25) is 0 Å². The minimum Gasteiger partial charge on any atom is -0.477 e. The van der Waals surface area contributed by atoms with E-state index in [0.29, 0.717) is 16.4 Å². The van der Waals surface area contributed by atoms with Gasteiger partial charge in [0.1, 0.15) is 67.1 Å². The lowest BCUT2D eigenvalue weighted by Crippen LogP contribution is -2.71.